The van der Waals surface area contributed by atoms with Gasteiger partial charge in [-0.05, 0) is 86.9 Å². The molecule has 130 valence electrons. The number of rotatable bonds is 2. The van der Waals surface area contributed by atoms with Crippen LogP contribution in [0.1, 0.15) is 51.4 Å². The summed E-state index contributed by atoms with van der Waals surface area (Å²) in [6.45, 7) is -0.347. The molecule has 0 spiro atoms. The predicted octanol–water partition coefficient (Wildman–Crippen LogP) is 1.76. The number of Topliss-reactive ketones (excluding diaryl/α,β-unsaturated/α-hetero) is 1. The molecule has 0 bridgehead atoms. The molecule has 0 aromatic carbocycles. The van der Waals surface area contributed by atoms with Crippen LogP contribution in [0.3, 0.4) is 0 Å². The largest absolute Gasteiger partial charge is 0.393 e. The summed E-state index contributed by atoms with van der Waals surface area (Å²) >= 11 is 0. The van der Waals surface area contributed by atoms with E-state index in [9.17, 15) is 20.1 Å². The Kier molecular flexibility index (Phi) is 4.27. The third-order valence-corrected chi connectivity index (χ3v) is 7.83. The van der Waals surface area contributed by atoms with E-state index < -0.39 is 0 Å². The normalized spacial score (nSPS) is 52.4. The van der Waals surface area contributed by atoms with Gasteiger partial charge in [0, 0.05) is 5.92 Å². The molecule has 3 N–H and O–H groups in total. The van der Waals surface area contributed by atoms with Crippen LogP contribution in [0.15, 0.2) is 0 Å². The first kappa shape index (κ1) is 16.0. The van der Waals surface area contributed by atoms with Crippen molar-refractivity contribution in [2.24, 2.45) is 41.4 Å². The highest BCUT2D eigenvalue weighted by atomic mass is 16.3. The summed E-state index contributed by atoms with van der Waals surface area (Å²) in [5.74, 6) is 2.91. The van der Waals surface area contributed by atoms with E-state index in [4.69, 9.17) is 0 Å². The Balaban J connectivity index is 1.55. The zero-order chi connectivity index (χ0) is 16.1. The third-order valence-electron chi connectivity index (χ3n) is 7.83. The summed E-state index contributed by atoms with van der Waals surface area (Å²) in [7, 11) is 0. The van der Waals surface area contributed by atoms with Crippen molar-refractivity contribution in [3.63, 3.8) is 0 Å². The molecule has 23 heavy (non-hydrogen) atoms. The molecule has 4 aliphatic rings. The van der Waals surface area contributed by atoms with E-state index in [1.807, 2.05) is 0 Å². The van der Waals surface area contributed by atoms with E-state index in [0.717, 1.165) is 44.9 Å². The van der Waals surface area contributed by atoms with Gasteiger partial charge in [-0.15, -0.1) is 0 Å². The lowest BCUT2D eigenvalue weighted by Gasteiger charge is -2.54. The number of aliphatic hydroxyl groups excluding tert-OH is 3. The predicted molar refractivity (Wildman–Crippen MR) is 85.5 cm³/mol. The molecule has 4 heteroatoms. The van der Waals surface area contributed by atoms with Crippen molar-refractivity contribution in [2.75, 3.05) is 6.61 Å². The lowest BCUT2D eigenvalue weighted by molar-refractivity contribution is -0.133. The molecule has 9 atom stereocenters. The fraction of sp³-hybridized carbons (Fsp3) is 0.947. The molecular weight excluding hydrogens is 292 g/mol. The molecule has 0 aromatic heterocycles. The van der Waals surface area contributed by atoms with Gasteiger partial charge in [0.2, 0.25) is 0 Å². The summed E-state index contributed by atoms with van der Waals surface area (Å²) in [5, 5.41) is 30.1. The van der Waals surface area contributed by atoms with Gasteiger partial charge in [0.15, 0.2) is 5.78 Å². The van der Waals surface area contributed by atoms with Gasteiger partial charge in [0.1, 0.15) is 6.61 Å². The van der Waals surface area contributed by atoms with Crippen LogP contribution in [0.4, 0.5) is 0 Å². The van der Waals surface area contributed by atoms with Crippen molar-refractivity contribution in [3.05, 3.63) is 0 Å². The smallest absolute Gasteiger partial charge is 0.161 e. The maximum atomic E-state index is 12.0. The summed E-state index contributed by atoms with van der Waals surface area (Å²) in [6, 6.07) is 0. The van der Waals surface area contributed by atoms with Crippen LogP contribution in [0.25, 0.3) is 0 Å². The minimum Gasteiger partial charge on any atom is -0.393 e. The first-order valence-corrected chi connectivity index (χ1v) is 9.59. The Morgan fingerprint density at radius 2 is 1.57 bits per heavy atom. The van der Waals surface area contributed by atoms with Gasteiger partial charge in [0.25, 0.3) is 0 Å². The highest BCUT2D eigenvalue weighted by Crippen LogP contribution is 2.59. The molecule has 4 fully saturated rings. The fourth-order valence-corrected chi connectivity index (χ4v) is 7.01. The minimum atomic E-state index is -0.347. The van der Waals surface area contributed by atoms with E-state index in [-0.39, 0.29) is 36.4 Å². The van der Waals surface area contributed by atoms with Gasteiger partial charge in [-0.25, -0.2) is 0 Å². The maximum Gasteiger partial charge on any atom is 0.161 e. The topological polar surface area (TPSA) is 77.8 Å². The molecular formula is C19H30O4. The molecule has 4 nitrogen and oxygen atoms in total. The zero-order valence-corrected chi connectivity index (χ0v) is 13.8. The summed E-state index contributed by atoms with van der Waals surface area (Å²) in [5.41, 5.74) is 0. The molecule has 0 aromatic rings. The quantitative estimate of drug-likeness (QED) is 0.724. The van der Waals surface area contributed by atoms with Gasteiger partial charge in [-0.3, -0.25) is 4.79 Å². The standard InChI is InChI=1S/C19H30O4/c20-9-18(23)14-6-5-13-15-3-1-10-7-11(21)2-4-12(10)19(15)17(22)8-16(13)14/h10-17,19-22H,1-9H2/t10-,11+,12?,13?,14?,15?,16?,17-,19?/m0/s1. The highest BCUT2D eigenvalue weighted by molar-refractivity contribution is 5.82. The second-order valence-electron chi connectivity index (χ2n) is 8.65. The Hall–Kier alpha value is -0.450. The molecule has 4 saturated carbocycles. The van der Waals surface area contributed by atoms with E-state index in [0.29, 0.717) is 29.6 Å². The lowest BCUT2D eigenvalue weighted by Crippen LogP contribution is -2.52. The summed E-state index contributed by atoms with van der Waals surface area (Å²) in [4.78, 5) is 12.0. The van der Waals surface area contributed by atoms with Gasteiger partial charge >= 0.3 is 0 Å². The summed E-state index contributed by atoms with van der Waals surface area (Å²) < 4.78 is 0. The number of carbonyl (C=O) groups excluding carboxylic acids is 1. The van der Waals surface area contributed by atoms with Crippen molar-refractivity contribution in [2.45, 2.75) is 63.6 Å². The molecule has 0 amide bonds. The first-order valence-electron chi connectivity index (χ1n) is 9.59. The third kappa shape index (κ3) is 2.58. The second-order valence-corrected chi connectivity index (χ2v) is 8.65. The van der Waals surface area contributed by atoms with Crippen LogP contribution < -0.4 is 0 Å². The number of carbonyl (C=O) groups is 1. The van der Waals surface area contributed by atoms with E-state index >= 15 is 0 Å². The van der Waals surface area contributed by atoms with E-state index in [1.165, 1.54) is 6.42 Å². The van der Waals surface area contributed by atoms with Crippen LogP contribution in [0.2, 0.25) is 0 Å². The van der Waals surface area contributed by atoms with Crippen molar-refractivity contribution in [3.8, 4) is 0 Å². The van der Waals surface area contributed by atoms with Gasteiger partial charge in [-0.1, -0.05) is 0 Å². The zero-order valence-electron chi connectivity index (χ0n) is 13.8. The molecule has 6 unspecified atom stereocenters. The van der Waals surface area contributed by atoms with Crippen LogP contribution in [0, 0.1) is 41.4 Å². The molecule has 0 aliphatic heterocycles. The number of ketones is 1. The van der Waals surface area contributed by atoms with Crippen molar-refractivity contribution >= 4 is 5.78 Å². The molecule has 0 saturated heterocycles. The Bertz CT molecular complexity index is 464. The molecule has 0 radical (unpaired) electrons. The van der Waals surface area contributed by atoms with Gasteiger partial charge < -0.3 is 15.3 Å². The second kappa shape index (κ2) is 6.12. The SMILES string of the molecule is O=C(CO)C1CCC2C1C[C@H](O)C1C2CC[C@H]2C[C@H](O)CCC12. The number of aliphatic hydroxyl groups is 3. The van der Waals surface area contributed by atoms with Crippen LogP contribution in [0.5, 0.6) is 0 Å². The van der Waals surface area contributed by atoms with Gasteiger partial charge in [-0.2, -0.15) is 0 Å². The monoisotopic (exact) mass is 322 g/mol. The van der Waals surface area contributed by atoms with Crippen molar-refractivity contribution in [1.82, 2.24) is 0 Å². The molecule has 4 aliphatic carbocycles. The van der Waals surface area contributed by atoms with E-state index in [2.05, 4.69) is 0 Å². The summed E-state index contributed by atoms with van der Waals surface area (Å²) in [6.07, 6.45) is 7.49. The molecule has 4 rings (SSSR count). The van der Waals surface area contributed by atoms with E-state index in [1.54, 1.807) is 0 Å². The van der Waals surface area contributed by atoms with Crippen LogP contribution in [-0.4, -0.2) is 39.9 Å². The lowest BCUT2D eigenvalue weighted by atomic mass is 9.52. The highest BCUT2D eigenvalue weighted by Gasteiger charge is 2.55. The first-order chi connectivity index (χ1) is 11.1. The number of hydrogen-bond donors (Lipinski definition) is 3. The Morgan fingerprint density at radius 3 is 2.35 bits per heavy atom. The fourth-order valence-electron chi connectivity index (χ4n) is 7.01. The van der Waals surface area contributed by atoms with Crippen molar-refractivity contribution in [1.29, 1.82) is 0 Å². The Labute approximate surface area is 138 Å². The molecule has 0 heterocycles. The van der Waals surface area contributed by atoms with Crippen LogP contribution >= 0.6 is 0 Å². The van der Waals surface area contributed by atoms with Gasteiger partial charge in [0.05, 0.1) is 12.2 Å². The average Bonchev–Trinajstić information content (AvgIpc) is 2.97. The minimum absolute atomic E-state index is 0.0161. The average molecular weight is 322 g/mol. The maximum absolute atomic E-state index is 12.0. The van der Waals surface area contributed by atoms with Crippen LogP contribution in [-0.2, 0) is 4.79 Å². The number of fused-ring (bicyclic) bond motifs is 5. The van der Waals surface area contributed by atoms with Crippen molar-refractivity contribution < 1.29 is 20.1 Å². The number of hydrogen-bond acceptors (Lipinski definition) is 4. The Morgan fingerprint density at radius 1 is 0.826 bits per heavy atom.